The van der Waals surface area contributed by atoms with Crippen LogP contribution in [0.25, 0.3) is 16.6 Å². The van der Waals surface area contributed by atoms with Crippen LogP contribution in [0.4, 0.5) is 5.82 Å². The van der Waals surface area contributed by atoms with E-state index in [-0.39, 0.29) is 12.5 Å². The minimum Gasteiger partial charge on any atom is -0.482 e. The van der Waals surface area contributed by atoms with Crippen molar-refractivity contribution in [1.82, 2.24) is 19.5 Å². The van der Waals surface area contributed by atoms with Crippen LogP contribution in [0.2, 0.25) is 0 Å². The smallest absolute Gasteiger partial charge is 0.255 e. The van der Waals surface area contributed by atoms with E-state index in [1.165, 1.54) is 10.7 Å². The summed E-state index contributed by atoms with van der Waals surface area (Å²) < 4.78 is 7.00. The number of aromatic nitrogens is 3. The van der Waals surface area contributed by atoms with Gasteiger partial charge in [-0.05, 0) is 25.1 Å². The summed E-state index contributed by atoms with van der Waals surface area (Å²) in [5, 5.41) is 13.7. The number of nitrogens with two attached hydrogens (primary N) is 1. The molecule has 1 saturated heterocycles. The summed E-state index contributed by atoms with van der Waals surface area (Å²) in [6, 6.07) is 7.70. The first kappa shape index (κ1) is 21.8. The molecule has 0 bridgehead atoms. The summed E-state index contributed by atoms with van der Waals surface area (Å²) in [5.41, 5.74) is 8.21. The van der Waals surface area contributed by atoms with Gasteiger partial charge in [0.15, 0.2) is 6.61 Å². The topological polar surface area (TPSA) is 130 Å². The van der Waals surface area contributed by atoms with Gasteiger partial charge in [-0.2, -0.15) is 10.4 Å². The number of primary amides is 1. The lowest BCUT2D eigenvalue weighted by Gasteiger charge is -2.35. The molecule has 1 aliphatic heterocycles. The number of ether oxygens (including phenoxy) is 1. The van der Waals surface area contributed by atoms with Crippen LogP contribution in [0.5, 0.6) is 5.75 Å². The average molecular weight is 445 g/mol. The molecule has 1 aliphatic rings. The Morgan fingerprint density at radius 2 is 2.00 bits per heavy atom. The molecular formula is C23H23N7O3. The zero-order valence-corrected chi connectivity index (χ0v) is 18.2. The van der Waals surface area contributed by atoms with Crippen LogP contribution >= 0.6 is 0 Å². The van der Waals surface area contributed by atoms with E-state index in [2.05, 4.69) is 27.6 Å². The van der Waals surface area contributed by atoms with Gasteiger partial charge in [-0.15, -0.1) is 0 Å². The second-order valence-corrected chi connectivity index (χ2v) is 7.77. The zero-order valence-electron chi connectivity index (χ0n) is 18.2. The highest BCUT2D eigenvalue weighted by Gasteiger charge is 2.22. The van der Waals surface area contributed by atoms with E-state index in [0.717, 1.165) is 11.4 Å². The van der Waals surface area contributed by atoms with Gasteiger partial charge >= 0.3 is 0 Å². The van der Waals surface area contributed by atoms with Crippen LogP contribution in [-0.4, -0.2) is 64.1 Å². The Bertz CT molecular complexity index is 1270. The number of pyridine rings is 2. The maximum absolute atomic E-state index is 12.1. The number of nitriles is 1. The van der Waals surface area contributed by atoms with Gasteiger partial charge < -0.3 is 20.3 Å². The number of carbonyl (C=O) groups is 2. The van der Waals surface area contributed by atoms with Crippen LogP contribution in [0, 0.1) is 11.3 Å². The van der Waals surface area contributed by atoms with Gasteiger partial charge in [0.2, 0.25) is 5.91 Å². The highest BCUT2D eigenvalue weighted by molar-refractivity contribution is 5.92. The second-order valence-electron chi connectivity index (χ2n) is 7.77. The van der Waals surface area contributed by atoms with E-state index < -0.39 is 5.91 Å². The van der Waals surface area contributed by atoms with Gasteiger partial charge in [0.1, 0.15) is 17.6 Å². The van der Waals surface area contributed by atoms with Crippen LogP contribution < -0.4 is 15.4 Å². The quantitative estimate of drug-likeness (QED) is 0.567. The number of nitrogens with zero attached hydrogens (tertiary/aromatic N) is 6. The lowest BCUT2D eigenvalue weighted by Crippen LogP contribution is -2.49. The second kappa shape index (κ2) is 9.00. The summed E-state index contributed by atoms with van der Waals surface area (Å²) in [7, 11) is 0. The van der Waals surface area contributed by atoms with E-state index in [1.54, 1.807) is 30.3 Å². The third-order valence-electron chi connectivity index (χ3n) is 5.40. The van der Waals surface area contributed by atoms with Crippen molar-refractivity contribution in [3.05, 3.63) is 54.5 Å². The fourth-order valence-electron chi connectivity index (χ4n) is 3.77. The molecule has 0 aromatic carbocycles. The molecule has 2 amide bonds. The summed E-state index contributed by atoms with van der Waals surface area (Å²) in [4.78, 5) is 31.8. The molecule has 0 unspecified atom stereocenters. The molecule has 0 aliphatic carbocycles. The van der Waals surface area contributed by atoms with Crippen molar-refractivity contribution in [2.24, 2.45) is 5.73 Å². The van der Waals surface area contributed by atoms with Gasteiger partial charge in [0.25, 0.3) is 5.91 Å². The van der Waals surface area contributed by atoms with Crippen molar-refractivity contribution in [3.63, 3.8) is 0 Å². The number of piperazine rings is 1. The first-order valence-electron chi connectivity index (χ1n) is 10.4. The SMILES string of the molecule is C=C(C)C(=O)N1CCN(c2ccc(-c3cc(OCC(N)=O)cn4ncc(C#N)c34)cn2)CC1. The van der Waals surface area contributed by atoms with Crippen molar-refractivity contribution in [2.75, 3.05) is 37.7 Å². The molecule has 0 atom stereocenters. The fourth-order valence-corrected chi connectivity index (χ4v) is 3.77. The number of hydrogen-bond acceptors (Lipinski definition) is 7. The van der Waals surface area contributed by atoms with Gasteiger partial charge in [0.05, 0.1) is 23.5 Å². The molecule has 4 rings (SSSR count). The van der Waals surface area contributed by atoms with E-state index >= 15 is 0 Å². The number of anilines is 1. The Balaban J connectivity index is 1.60. The summed E-state index contributed by atoms with van der Waals surface area (Å²) in [5.74, 6) is 0.582. The Morgan fingerprint density at radius 1 is 1.24 bits per heavy atom. The van der Waals surface area contributed by atoms with E-state index in [4.69, 9.17) is 10.5 Å². The fraction of sp³-hybridized carbons (Fsp3) is 0.261. The predicted molar refractivity (Wildman–Crippen MR) is 121 cm³/mol. The third kappa shape index (κ3) is 4.48. The maximum Gasteiger partial charge on any atom is 0.255 e. The molecule has 3 aromatic heterocycles. The number of hydrogen-bond donors (Lipinski definition) is 1. The van der Waals surface area contributed by atoms with Crippen LogP contribution in [0.3, 0.4) is 0 Å². The average Bonchev–Trinajstić information content (AvgIpc) is 3.25. The monoisotopic (exact) mass is 445 g/mol. The number of amides is 2. The molecule has 10 heteroatoms. The molecule has 2 N–H and O–H groups in total. The molecule has 0 spiro atoms. The van der Waals surface area contributed by atoms with Gasteiger partial charge in [-0.25, -0.2) is 9.50 Å². The molecule has 4 heterocycles. The predicted octanol–water partition coefficient (Wildman–Crippen LogP) is 1.36. The van der Waals surface area contributed by atoms with E-state index in [1.807, 2.05) is 12.1 Å². The normalized spacial score (nSPS) is 13.6. The van der Waals surface area contributed by atoms with Crippen molar-refractivity contribution in [2.45, 2.75) is 6.92 Å². The maximum atomic E-state index is 12.1. The van der Waals surface area contributed by atoms with Gasteiger partial charge in [-0.1, -0.05) is 6.58 Å². The number of rotatable bonds is 6. The Labute approximate surface area is 190 Å². The van der Waals surface area contributed by atoms with Crippen molar-refractivity contribution in [1.29, 1.82) is 5.26 Å². The van der Waals surface area contributed by atoms with Crippen LogP contribution in [0.15, 0.2) is 48.9 Å². The van der Waals surface area contributed by atoms with E-state index in [9.17, 15) is 14.9 Å². The number of carbonyl (C=O) groups excluding carboxylic acids is 2. The standard InChI is InChI=1S/C23H23N7O3/c1-15(2)23(32)29-7-5-28(6-8-29)21-4-3-16(11-26-21)19-9-18(33-14-20(25)31)13-30-22(19)17(10-24)12-27-30/h3-4,9,11-13H,1,5-8,14H2,2H3,(H2,25,31). The van der Waals surface area contributed by atoms with Crippen molar-refractivity contribution in [3.8, 4) is 22.9 Å². The van der Waals surface area contributed by atoms with Crippen LogP contribution in [-0.2, 0) is 9.59 Å². The zero-order chi connectivity index (χ0) is 23.5. The molecule has 3 aromatic rings. The Morgan fingerprint density at radius 3 is 2.61 bits per heavy atom. The Kier molecular flexibility index (Phi) is 5.95. The van der Waals surface area contributed by atoms with Gasteiger partial charge in [0, 0.05) is 49.1 Å². The molecule has 1 fully saturated rings. The molecule has 33 heavy (non-hydrogen) atoms. The van der Waals surface area contributed by atoms with E-state index in [0.29, 0.717) is 54.1 Å². The summed E-state index contributed by atoms with van der Waals surface area (Å²) in [6.07, 6.45) is 4.79. The third-order valence-corrected chi connectivity index (χ3v) is 5.40. The van der Waals surface area contributed by atoms with Crippen molar-refractivity contribution >= 4 is 23.1 Å². The van der Waals surface area contributed by atoms with Crippen molar-refractivity contribution < 1.29 is 14.3 Å². The highest BCUT2D eigenvalue weighted by atomic mass is 16.5. The molecular weight excluding hydrogens is 422 g/mol. The Hall–Kier alpha value is -4.39. The molecule has 0 radical (unpaired) electrons. The van der Waals surface area contributed by atoms with Crippen LogP contribution in [0.1, 0.15) is 12.5 Å². The molecule has 168 valence electrons. The molecule has 10 nitrogen and oxygen atoms in total. The highest BCUT2D eigenvalue weighted by Crippen LogP contribution is 2.31. The minimum atomic E-state index is -0.592. The lowest BCUT2D eigenvalue weighted by molar-refractivity contribution is -0.127. The lowest BCUT2D eigenvalue weighted by atomic mass is 10.1. The largest absolute Gasteiger partial charge is 0.482 e. The summed E-state index contributed by atoms with van der Waals surface area (Å²) >= 11 is 0. The first-order chi connectivity index (χ1) is 15.9. The van der Waals surface area contributed by atoms with Gasteiger partial charge in [-0.3, -0.25) is 9.59 Å². The summed E-state index contributed by atoms with van der Waals surface area (Å²) in [6.45, 7) is 7.74. The minimum absolute atomic E-state index is 0.0190. The number of fused-ring (bicyclic) bond motifs is 1. The first-order valence-corrected chi connectivity index (χ1v) is 10.4. The molecule has 0 saturated carbocycles.